The molecule has 0 amide bonds. The predicted molar refractivity (Wildman–Crippen MR) is 143 cm³/mol. The molecule has 6 heteroatoms. The Kier molecular flexibility index (Phi) is 12.2. The normalized spacial score (nSPS) is 19.5. The summed E-state index contributed by atoms with van der Waals surface area (Å²) in [5.74, 6) is 0.169. The predicted octanol–water partition coefficient (Wildman–Crippen LogP) is 6.53. The fraction of sp³-hybridized carbons (Fsp3) is 0.600. The van der Waals surface area contributed by atoms with Gasteiger partial charge in [-0.2, -0.15) is 0 Å². The van der Waals surface area contributed by atoms with E-state index in [2.05, 4.69) is 30.2 Å². The number of benzene rings is 1. The molecule has 3 atom stereocenters. The average Bonchev–Trinajstić information content (AvgIpc) is 3.68. The van der Waals surface area contributed by atoms with Crippen molar-refractivity contribution in [3.63, 3.8) is 0 Å². The third-order valence-corrected chi connectivity index (χ3v) is 6.97. The molecule has 2 fully saturated rings. The van der Waals surface area contributed by atoms with E-state index in [1.807, 2.05) is 42.6 Å². The first-order valence-corrected chi connectivity index (χ1v) is 13.8. The van der Waals surface area contributed by atoms with Gasteiger partial charge in [0.2, 0.25) is 5.88 Å². The van der Waals surface area contributed by atoms with Crippen LogP contribution in [0.1, 0.15) is 94.7 Å². The van der Waals surface area contributed by atoms with Gasteiger partial charge in [-0.1, -0.05) is 88.3 Å². The standard InChI is InChI=1S/C20H34N2O2.C10H10O2/c1-3-4-5-6-7-8-9-10-13-21-17(2)18-11-12-20(22-14-18)24-19-15-23-16-19;11-10(12)9-6-8(9)7-4-2-1-3-5-7/h11-12,14,17,19,21H,3-10,13,15-16H2,1-2H3;1-5,8-9H,6H2,(H,11,12)/t17-;8-,9+/m01/s1. The minimum atomic E-state index is -0.663. The smallest absolute Gasteiger partial charge is 0.307 e. The van der Waals surface area contributed by atoms with Crippen molar-refractivity contribution in [2.24, 2.45) is 5.92 Å². The molecule has 0 bridgehead atoms. The summed E-state index contributed by atoms with van der Waals surface area (Å²) in [6.07, 6.45) is 13.8. The lowest BCUT2D eigenvalue weighted by Gasteiger charge is -2.26. The van der Waals surface area contributed by atoms with Crippen LogP contribution in [0.4, 0.5) is 0 Å². The molecule has 0 unspecified atom stereocenters. The summed E-state index contributed by atoms with van der Waals surface area (Å²) in [7, 11) is 0. The van der Waals surface area contributed by atoms with Crippen LogP contribution in [0.3, 0.4) is 0 Å². The number of nitrogens with zero attached hydrogens (tertiary/aromatic N) is 1. The minimum Gasteiger partial charge on any atom is -0.481 e. The van der Waals surface area contributed by atoms with Crippen LogP contribution in [0.5, 0.6) is 5.88 Å². The van der Waals surface area contributed by atoms with E-state index in [-0.39, 0.29) is 17.9 Å². The van der Waals surface area contributed by atoms with Crippen molar-refractivity contribution in [2.75, 3.05) is 19.8 Å². The first-order chi connectivity index (χ1) is 17.6. The number of nitrogens with one attached hydrogen (secondary N) is 1. The maximum atomic E-state index is 10.5. The Hall–Kier alpha value is -2.44. The Labute approximate surface area is 216 Å². The van der Waals surface area contributed by atoms with Crippen LogP contribution in [-0.2, 0) is 9.53 Å². The molecule has 36 heavy (non-hydrogen) atoms. The second-order valence-corrected chi connectivity index (χ2v) is 10.1. The lowest BCUT2D eigenvalue weighted by Crippen LogP contribution is -2.38. The van der Waals surface area contributed by atoms with Crippen molar-refractivity contribution in [3.8, 4) is 5.88 Å². The molecular weight excluding hydrogens is 452 g/mol. The second-order valence-electron chi connectivity index (χ2n) is 10.1. The van der Waals surface area contributed by atoms with Gasteiger partial charge in [0, 0.05) is 18.3 Å². The van der Waals surface area contributed by atoms with Crippen molar-refractivity contribution < 1.29 is 19.4 Å². The molecule has 2 aromatic rings. The van der Waals surface area contributed by atoms with Crippen LogP contribution in [0.15, 0.2) is 48.7 Å². The Morgan fingerprint density at radius 3 is 2.31 bits per heavy atom. The Bertz CT molecular complexity index is 870. The van der Waals surface area contributed by atoms with Gasteiger partial charge in [-0.3, -0.25) is 4.79 Å². The van der Waals surface area contributed by atoms with Gasteiger partial charge in [0.25, 0.3) is 0 Å². The minimum absolute atomic E-state index is 0.132. The van der Waals surface area contributed by atoms with E-state index in [0.29, 0.717) is 25.1 Å². The number of rotatable bonds is 15. The van der Waals surface area contributed by atoms with Gasteiger partial charge in [-0.25, -0.2) is 4.98 Å². The van der Waals surface area contributed by atoms with Gasteiger partial charge in [0.15, 0.2) is 0 Å². The quantitative estimate of drug-likeness (QED) is 0.273. The van der Waals surface area contributed by atoms with E-state index < -0.39 is 5.97 Å². The Morgan fingerprint density at radius 1 is 1.06 bits per heavy atom. The van der Waals surface area contributed by atoms with Crippen molar-refractivity contribution in [1.29, 1.82) is 0 Å². The molecule has 4 rings (SSSR count). The largest absolute Gasteiger partial charge is 0.481 e. The van der Waals surface area contributed by atoms with E-state index >= 15 is 0 Å². The van der Waals surface area contributed by atoms with E-state index in [1.165, 1.54) is 56.9 Å². The van der Waals surface area contributed by atoms with E-state index in [1.54, 1.807) is 0 Å². The molecule has 2 aliphatic rings. The van der Waals surface area contributed by atoms with Crippen LogP contribution in [0.25, 0.3) is 0 Å². The van der Waals surface area contributed by atoms with Gasteiger partial charge in [-0.05, 0) is 43.4 Å². The molecule has 1 saturated carbocycles. The van der Waals surface area contributed by atoms with Crippen LogP contribution in [0.2, 0.25) is 0 Å². The number of aromatic nitrogens is 1. The van der Waals surface area contributed by atoms with Crippen LogP contribution < -0.4 is 10.1 Å². The van der Waals surface area contributed by atoms with E-state index in [9.17, 15) is 4.79 Å². The molecule has 2 N–H and O–H groups in total. The van der Waals surface area contributed by atoms with Gasteiger partial charge >= 0.3 is 5.97 Å². The molecule has 198 valence electrons. The lowest BCUT2D eigenvalue weighted by atomic mass is 10.1. The van der Waals surface area contributed by atoms with Crippen molar-refractivity contribution in [1.82, 2.24) is 10.3 Å². The maximum Gasteiger partial charge on any atom is 0.307 e. The Balaban J connectivity index is 0.000000249. The number of carboxylic acids is 1. The second kappa shape index (κ2) is 15.6. The Morgan fingerprint density at radius 2 is 1.75 bits per heavy atom. The third kappa shape index (κ3) is 9.90. The summed E-state index contributed by atoms with van der Waals surface area (Å²) < 4.78 is 10.8. The van der Waals surface area contributed by atoms with Gasteiger partial charge < -0.3 is 19.9 Å². The molecule has 0 radical (unpaired) electrons. The zero-order chi connectivity index (χ0) is 25.6. The fourth-order valence-corrected chi connectivity index (χ4v) is 4.40. The highest BCUT2D eigenvalue weighted by atomic mass is 16.6. The van der Waals surface area contributed by atoms with Crippen molar-refractivity contribution in [3.05, 3.63) is 59.8 Å². The summed E-state index contributed by atoms with van der Waals surface area (Å²) in [4.78, 5) is 14.9. The number of carboxylic acid groups (broad SMARTS) is 1. The third-order valence-electron chi connectivity index (χ3n) is 6.97. The first kappa shape index (κ1) is 28.1. The molecule has 0 spiro atoms. The molecule has 1 aliphatic carbocycles. The molecule has 6 nitrogen and oxygen atoms in total. The molecule has 1 aromatic heterocycles. The monoisotopic (exact) mass is 496 g/mol. The summed E-state index contributed by atoms with van der Waals surface area (Å²) in [5.41, 5.74) is 2.37. The number of unbranched alkanes of at least 4 members (excludes halogenated alkanes) is 7. The van der Waals surface area contributed by atoms with Crippen LogP contribution in [-0.4, -0.2) is 41.9 Å². The zero-order valence-electron chi connectivity index (χ0n) is 22.0. The SMILES string of the molecule is CCCCCCCCCCN[C@@H](C)c1ccc(OC2COC2)nc1.O=C(O)[C@H]1C[C@@H]1c1ccccc1. The van der Waals surface area contributed by atoms with E-state index in [0.717, 1.165) is 18.5 Å². The zero-order valence-corrected chi connectivity index (χ0v) is 22.0. The van der Waals surface area contributed by atoms with Gasteiger partial charge in [0.1, 0.15) is 6.10 Å². The average molecular weight is 497 g/mol. The first-order valence-electron chi connectivity index (χ1n) is 13.8. The van der Waals surface area contributed by atoms with Crippen molar-refractivity contribution >= 4 is 5.97 Å². The van der Waals surface area contributed by atoms with Gasteiger partial charge in [-0.15, -0.1) is 0 Å². The number of aliphatic carboxylic acids is 1. The lowest BCUT2D eigenvalue weighted by molar-refractivity contribution is -0.138. The van der Waals surface area contributed by atoms with Crippen LogP contribution >= 0.6 is 0 Å². The number of hydrogen-bond acceptors (Lipinski definition) is 5. The maximum absolute atomic E-state index is 10.5. The molecule has 1 aromatic carbocycles. The molecule has 1 aliphatic heterocycles. The van der Waals surface area contributed by atoms with Crippen LogP contribution in [0, 0.1) is 5.92 Å². The highest BCUT2D eigenvalue weighted by Gasteiger charge is 2.43. The number of ether oxygens (including phenoxy) is 2. The molecular formula is C30H44N2O4. The van der Waals surface area contributed by atoms with E-state index in [4.69, 9.17) is 14.6 Å². The topological polar surface area (TPSA) is 80.7 Å². The van der Waals surface area contributed by atoms with Crippen molar-refractivity contribution in [2.45, 2.75) is 89.7 Å². The highest BCUT2D eigenvalue weighted by molar-refractivity contribution is 5.75. The number of carbonyl (C=O) groups is 1. The molecule has 1 saturated heterocycles. The summed E-state index contributed by atoms with van der Waals surface area (Å²) in [5, 5.41) is 12.3. The summed E-state index contributed by atoms with van der Waals surface area (Å²) >= 11 is 0. The number of hydrogen-bond donors (Lipinski definition) is 2. The summed E-state index contributed by atoms with van der Waals surface area (Å²) in [6, 6.07) is 14.2. The summed E-state index contributed by atoms with van der Waals surface area (Å²) in [6.45, 7) is 6.90. The molecule has 2 heterocycles. The number of pyridine rings is 1. The highest BCUT2D eigenvalue weighted by Crippen LogP contribution is 2.47. The fourth-order valence-electron chi connectivity index (χ4n) is 4.40. The van der Waals surface area contributed by atoms with Gasteiger partial charge in [0.05, 0.1) is 19.1 Å².